The predicted molar refractivity (Wildman–Crippen MR) is 76.8 cm³/mol. The number of aliphatic hydroxyl groups is 1. The number of halogens is 1. The summed E-state index contributed by atoms with van der Waals surface area (Å²) in [5.41, 5.74) is 0.873. The Kier molecular flexibility index (Phi) is 7.18. The summed E-state index contributed by atoms with van der Waals surface area (Å²) < 4.78 is 12.8. The Hall–Kier alpha value is -1.46. The van der Waals surface area contributed by atoms with Gasteiger partial charge in [0.25, 0.3) is 0 Å². The van der Waals surface area contributed by atoms with E-state index in [4.69, 9.17) is 5.11 Å². The summed E-state index contributed by atoms with van der Waals surface area (Å²) in [6.07, 6.45) is 0.661. The first kappa shape index (κ1) is 16.6. The van der Waals surface area contributed by atoms with E-state index in [2.05, 4.69) is 5.32 Å². The zero-order chi connectivity index (χ0) is 15.0. The van der Waals surface area contributed by atoms with Crippen molar-refractivity contribution in [2.75, 3.05) is 26.2 Å². The standard InChI is InChI=1S/C15H23FN2O2/c1-3-18(9-4-10-19)11-15(20)17-12(2)13-5-7-14(16)8-6-13/h5-8,12,19H,3-4,9-11H2,1-2H3,(H,17,20). The SMILES string of the molecule is CCN(CCCO)CC(=O)NC(C)c1ccc(F)cc1. The van der Waals surface area contributed by atoms with Crippen molar-refractivity contribution in [3.05, 3.63) is 35.6 Å². The number of amides is 1. The zero-order valence-corrected chi connectivity index (χ0v) is 12.1. The number of likely N-dealkylation sites (N-methyl/N-ethyl adjacent to an activating group) is 1. The summed E-state index contributed by atoms with van der Waals surface area (Å²) in [6.45, 7) is 5.75. The summed E-state index contributed by atoms with van der Waals surface area (Å²) in [4.78, 5) is 13.9. The molecule has 1 amide bonds. The number of benzene rings is 1. The number of nitrogens with zero attached hydrogens (tertiary/aromatic N) is 1. The molecule has 1 aromatic carbocycles. The average Bonchev–Trinajstić information content (AvgIpc) is 2.43. The molecule has 1 unspecified atom stereocenters. The fourth-order valence-electron chi connectivity index (χ4n) is 1.97. The highest BCUT2D eigenvalue weighted by Crippen LogP contribution is 2.12. The minimum absolute atomic E-state index is 0.0679. The highest BCUT2D eigenvalue weighted by Gasteiger charge is 2.12. The second kappa shape index (κ2) is 8.66. The molecule has 0 aliphatic heterocycles. The topological polar surface area (TPSA) is 52.6 Å². The van der Waals surface area contributed by atoms with Crippen LogP contribution in [-0.2, 0) is 4.79 Å². The van der Waals surface area contributed by atoms with Crippen LogP contribution in [0.4, 0.5) is 4.39 Å². The summed E-state index contributed by atoms with van der Waals surface area (Å²) in [5, 5.41) is 11.7. The van der Waals surface area contributed by atoms with Gasteiger partial charge in [-0.2, -0.15) is 0 Å². The molecule has 0 aromatic heterocycles. The zero-order valence-electron chi connectivity index (χ0n) is 12.1. The number of hydrogen-bond acceptors (Lipinski definition) is 3. The summed E-state index contributed by atoms with van der Waals surface area (Å²) in [7, 11) is 0. The largest absolute Gasteiger partial charge is 0.396 e. The van der Waals surface area contributed by atoms with Gasteiger partial charge in [0, 0.05) is 13.2 Å². The van der Waals surface area contributed by atoms with Gasteiger partial charge in [-0.1, -0.05) is 19.1 Å². The molecule has 4 nitrogen and oxygen atoms in total. The van der Waals surface area contributed by atoms with Crippen molar-refractivity contribution in [1.29, 1.82) is 0 Å². The molecule has 0 saturated heterocycles. The molecule has 112 valence electrons. The van der Waals surface area contributed by atoms with E-state index in [1.807, 2.05) is 18.7 Å². The Morgan fingerprint density at radius 2 is 2.05 bits per heavy atom. The van der Waals surface area contributed by atoms with Gasteiger partial charge in [-0.15, -0.1) is 0 Å². The summed E-state index contributed by atoms with van der Waals surface area (Å²) >= 11 is 0. The van der Waals surface area contributed by atoms with Crippen molar-refractivity contribution in [2.45, 2.75) is 26.3 Å². The smallest absolute Gasteiger partial charge is 0.234 e. The third-order valence-corrected chi connectivity index (χ3v) is 3.19. The maximum Gasteiger partial charge on any atom is 0.234 e. The van der Waals surface area contributed by atoms with Crippen LogP contribution in [0.25, 0.3) is 0 Å². The molecule has 5 heteroatoms. The number of aliphatic hydroxyl groups excluding tert-OH is 1. The summed E-state index contributed by atoms with van der Waals surface area (Å²) in [6, 6.07) is 5.96. The van der Waals surface area contributed by atoms with Gasteiger partial charge in [-0.05, 0) is 37.6 Å². The van der Waals surface area contributed by atoms with Gasteiger partial charge in [-0.25, -0.2) is 4.39 Å². The van der Waals surface area contributed by atoms with Crippen LogP contribution in [0.3, 0.4) is 0 Å². The van der Waals surface area contributed by atoms with Gasteiger partial charge >= 0.3 is 0 Å². The van der Waals surface area contributed by atoms with E-state index in [0.29, 0.717) is 19.5 Å². The Labute approximate surface area is 119 Å². The van der Waals surface area contributed by atoms with Gasteiger partial charge in [0.15, 0.2) is 0 Å². The molecular formula is C15H23FN2O2. The van der Waals surface area contributed by atoms with Crippen molar-refractivity contribution in [2.24, 2.45) is 0 Å². The van der Waals surface area contributed by atoms with Crippen LogP contribution in [0.5, 0.6) is 0 Å². The fraction of sp³-hybridized carbons (Fsp3) is 0.533. The third kappa shape index (κ3) is 5.67. The second-order valence-electron chi connectivity index (χ2n) is 4.79. The number of carbonyl (C=O) groups is 1. The molecule has 2 N–H and O–H groups in total. The van der Waals surface area contributed by atoms with Gasteiger partial charge in [0.2, 0.25) is 5.91 Å². The van der Waals surface area contributed by atoms with E-state index in [9.17, 15) is 9.18 Å². The molecule has 0 heterocycles. The molecule has 0 aliphatic rings. The number of carbonyl (C=O) groups excluding carboxylic acids is 1. The molecule has 20 heavy (non-hydrogen) atoms. The van der Waals surface area contributed by atoms with Gasteiger partial charge in [0.1, 0.15) is 5.82 Å². The third-order valence-electron chi connectivity index (χ3n) is 3.19. The number of rotatable bonds is 8. The van der Waals surface area contributed by atoms with E-state index in [1.54, 1.807) is 12.1 Å². The lowest BCUT2D eigenvalue weighted by Gasteiger charge is -2.21. The van der Waals surface area contributed by atoms with Crippen molar-refractivity contribution in [3.63, 3.8) is 0 Å². The lowest BCUT2D eigenvalue weighted by atomic mass is 10.1. The van der Waals surface area contributed by atoms with Gasteiger partial charge < -0.3 is 10.4 Å². The van der Waals surface area contributed by atoms with Crippen molar-refractivity contribution in [3.8, 4) is 0 Å². The van der Waals surface area contributed by atoms with E-state index in [1.165, 1.54) is 12.1 Å². The maximum absolute atomic E-state index is 12.8. The highest BCUT2D eigenvalue weighted by molar-refractivity contribution is 5.78. The van der Waals surface area contributed by atoms with E-state index in [0.717, 1.165) is 12.1 Å². The normalized spacial score (nSPS) is 12.4. The first-order chi connectivity index (χ1) is 9.56. The molecule has 1 aromatic rings. The average molecular weight is 282 g/mol. The minimum Gasteiger partial charge on any atom is -0.396 e. The molecule has 0 fully saturated rings. The fourth-order valence-corrected chi connectivity index (χ4v) is 1.97. The van der Waals surface area contributed by atoms with Crippen LogP contribution >= 0.6 is 0 Å². The number of nitrogens with one attached hydrogen (secondary N) is 1. The molecule has 0 aliphatic carbocycles. The minimum atomic E-state index is -0.284. The Morgan fingerprint density at radius 1 is 1.40 bits per heavy atom. The van der Waals surface area contributed by atoms with Crippen molar-refractivity contribution >= 4 is 5.91 Å². The van der Waals surface area contributed by atoms with Crippen LogP contribution in [0.2, 0.25) is 0 Å². The Balaban J connectivity index is 2.46. The Bertz CT molecular complexity index is 409. The van der Waals surface area contributed by atoms with E-state index in [-0.39, 0.29) is 24.4 Å². The van der Waals surface area contributed by atoms with Crippen molar-refractivity contribution in [1.82, 2.24) is 10.2 Å². The monoisotopic (exact) mass is 282 g/mol. The van der Waals surface area contributed by atoms with Gasteiger partial charge in [-0.3, -0.25) is 9.69 Å². The highest BCUT2D eigenvalue weighted by atomic mass is 19.1. The first-order valence-corrected chi connectivity index (χ1v) is 6.94. The predicted octanol–water partition coefficient (Wildman–Crippen LogP) is 1.71. The van der Waals surface area contributed by atoms with Crippen LogP contribution in [0.15, 0.2) is 24.3 Å². The molecule has 0 bridgehead atoms. The molecule has 0 spiro atoms. The van der Waals surface area contributed by atoms with Crippen LogP contribution in [-0.4, -0.2) is 42.2 Å². The van der Waals surface area contributed by atoms with Crippen molar-refractivity contribution < 1.29 is 14.3 Å². The quantitative estimate of drug-likeness (QED) is 0.763. The van der Waals surface area contributed by atoms with Gasteiger partial charge in [0.05, 0.1) is 12.6 Å². The van der Waals surface area contributed by atoms with Crippen LogP contribution in [0, 0.1) is 5.82 Å². The Morgan fingerprint density at radius 3 is 2.60 bits per heavy atom. The number of hydrogen-bond donors (Lipinski definition) is 2. The van der Waals surface area contributed by atoms with E-state index >= 15 is 0 Å². The van der Waals surface area contributed by atoms with Crippen LogP contribution < -0.4 is 5.32 Å². The summed E-state index contributed by atoms with van der Waals surface area (Å²) in [5.74, 6) is -0.352. The molecular weight excluding hydrogens is 259 g/mol. The molecule has 1 rings (SSSR count). The maximum atomic E-state index is 12.8. The lowest BCUT2D eigenvalue weighted by Crippen LogP contribution is -2.38. The lowest BCUT2D eigenvalue weighted by molar-refractivity contribution is -0.122. The molecule has 0 radical (unpaired) electrons. The second-order valence-corrected chi connectivity index (χ2v) is 4.79. The molecule has 1 atom stereocenters. The first-order valence-electron chi connectivity index (χ1n) is 6.94. The molecule has 0 saturated carbocycles. The van der Waals surface area contributed by atoms with Crippen LogP contribution in [0.1, 0.15) is 31.9 Å². The van der Waals surface area contributed by atoms with E-state index < -0.39 is 0 Å².